The Hall–Kier alpha value is -2.05. The van der Waals surface area contributed by atoms with E-state index in [1.54, 1.807) is 0 Å². The molecular formula is C90H179LiO10. The van der Waals surface area contributed by atoms with Crippen LogP contribution >= 0.6 is 0 Å². The third-order valence-corrected chi connectivity index (χ3v) is 20.0. The quantitative estimate of drug-likeness (QED) is 0.0337. The van der Waals surface area contributed by atoms with Crippen molar-refractivity contribution in [3.05, 3.63) is 0 Å². The number of rotatable bonds is 80. The van der Waals surface area contributed by atoms with Crippen LogP contribution in [-0.2, 0) is 24.0 Å². The molecule has 0 saturated heterocycles. The maximum atomic E-state index is 10.3. The van der Waals surface area contributed by atoms with E-state index in [0.717, 1.165) is 64.2 Å². The first-order valence-corrected chi connectivity index (χ1v) is 44.9. The Morgan fingerprint density at radius 3 is 0.317 bits per heavy atom. The minimum absolute atomic E-state index is 0. The smallest absolute Gasteiger partial charge is 0.550 e. The molecule has 0 aliphatic heterocycles. The summed E-state index contributed by atoms with van der Waals surface area (Å²) >= 11 is 0. The van der Waals surface area contributed by atoms with E-state index in [2.05, 4.69) is 34.6 Å². The average Bonchev–Trinajstić information content (AvgIpc) is 3.67. The van der Waals surface area contributed by atoms with Gasteiger partial charge >= 0.3 is 42.7 Å². The number of unbranched alkanes of at least 4 members (excludes halogenated alkanes) is 70. The van der Waals surface area contributed by atoms with Crippen LogP contribution in [0.1, 0.15) is 548 Å². The van der Waals surface area contributed by atoms with E-state index in [4.69, 9.17) is 20.4 Å². The van der Waals surface area contributed by atoms with E-state index in [0.29, 0.717) is 25.7 Å². The van der Waals surface area contributed by atoms with Crippen LogP contribution in [0.25, 0.3) is 0 Å². The SMILES string of the molecule is CCCCCCCCCCCCCCCCCC(=O)O.CCCCCCCCCCCCCCCCCC(=O)O.CCCCCCCCCCCCCCCCCC(=O)O.CCCCCCCCCCCCCCCCCC(=O)O.CCCCCCCCCCCCCCCCCC(=O)[O-].[Li+]. The Kier molecular flexibility index (Phi) is 116. The van der Waals surface area contributed by atoms with Gasteiger partial charge in [0.2, 0.25) is 0 Å². The van der Waals surface area contributed by atoms with Crippen molar-refractivity contribution in [2.24, 2.45) is 0 Å². The molecule has 0 rings (SSSR count). The van der Waals surface area contributed by atoms with Gasteiger partial charge in [0.05, 0.1) is 0 Å². The zero-order valence-corrected chi connectivity index (χ0v) is 69.3. The second-order valence-electron chi connectivity index (χ2n) is 30.4. The van der Waals surface area contributed by atoms with Crippen molar-refractivity contribution in [1.82, 2.24) is 0 Å². The number of carbonyl (C=O) groups excluding carboxylic acids is 1. The fourth-order valence-electron chi connectivity index (χ4n) is 13.2. The normalized spacial score (nSPS) is 10.7. The van der Waals surface area contributed by atoms with Crippen molar-refractivity contribution < 1.29 is 68.4 Å². The van der Waals surface area contributed by atoms with Gasteiger partial charge in [0.15, 0.2) is 0 Å². The Balaban J connectivity index is -0.000000279. The predicted molar refractivity (Wildman–Crippen MR) is 433 cm³/mol. The average molecular weight is 1430 g/mol. The fourth-order valence-corrected chi connectivity index (χ4v) is 13.2. The summed E-state index contributed by atoms with van der Waals surface area (Å²) in [5, 5.41) is 44.3. The van der Waals surface area contributed by atoms with E-state index in [1.807, 2.05) is 0 Å². The Morgan fingerprint density at radius 1 is 0.158 bits per heavy atom. The predicted octanol–water partition coefficient (Wildman–Crippen LogP) is 27.3. The summed E-state index contributed by atoms with van der Waals surface area (Å²) in [7, 11) is 0. The van der Waals surface area contributed by atoms with Gasteiger partial charge in [-0.2, -0.15) is 0 Å². The summed E-state index contributed by atoms with van der Waals surface area (Å²) in [6.45, 7) is 11.3. The number of carboxylic acids is 5. The van der Waals surface area contributed by atoms with Crippen LogP contribution in [-0.4, -0.2) is 50.3 Å². The molecule has 0 unspecified atom stereocenters. The molecule has 0 aliphatic carbocycles. The Bertz CT molecular complexity index is 1270. The molecule has 0 aromatic carbocycles. The summed E-state index contributed by atoms with van der Waals surface area (Å²) in [5.41, 5.74) is 0. The summed E-state index contributed by atoms with van der Waals surface area (Å²) < 4.78 is 0. The largest absolute Gasteiger partial charge is 1.00 e. The molecule has 0 aliphatic rings. The van der Waals surface area contributed by atoms with Crippen molar-refractivity contribution in [2.45, 2.75) is 548 Å². The number of hydrogen-bond acceptors (Lipinski definition) is 6. The molecule has 11 heteroatoms. The second kappa shape index (κ2) is 107. The molecule has 4 N–H and O–H groups in total. The first-order chi connectivity index (χ1) is 48.9. The molecule has 101 heavy (non-hydrogen) atoms. The van der Waals surface area contributed by atoms with Crippen LogP contribution in [0.2, 0.25) is 0 Å². The van der Waals surface area contributed by atoms with Gasteiger partial charge in [-0.25, -0.2) is 0 Å². The zero-order valence-electron chi connectivity index (χ0n) is 69.3. The molecular weight excluding hydrogens is 1250 g/mol. The fraction of sp³-hybridized carbons (Fsp3) is 0.944. The number of carboxylic acid groups (broad SMARTS) is 5. The number of aliphatic carboxylic acids is 5. The van der Waals surface area contributed by atoms with Crippen LogP contribution in [0.4, 0.5) is 0 Å². The molecule has 0 heterocycles. The molecule has 0 amide bonds. The molecule has 0 spiro atoms. The van der Waals surface area contributed by atoms with Gasteiger partial charge in [-0.05, 0) is 38.5 Å². The molecule has 0 aromatic rings. The van der Waals surface area contributed by atoms with Gasteiger partial charge in [0.25, 0.3) is 0 Å². The van der Waals surface area contributed by atoms with Gasteiger partial charge in [-0.3, -0.25) is 19.2 Å². The van der Waals surface area contributed by atoms with Gasteiger partial charge in [0.1, 0.15) is 0 Å². The topological polar surface area (TPSA) is 189 Å². The maximum absolute atomic E-state index is 10.3. The van der Waals surface area contributed by atoms with E-state index in [-0.39, 0.29) is 25.3 Å². The third kappa shape index (κ3) is 131. The van der Waals surface area contributed by atoms with Crippen LogP contribution in [0.15, 0.2) is 0 Å². The summed E-state index contributed by atoms with van der Waals surface area (Å²) in [4.78, 5) is 51.6. The summed E-state index contributed by atoms with van der Waals surface area (Å²) in [5.74, 6) is -3.52. The first kappa shape index (κ1) is 110. The van der Waals surface area contributed by atoms with Gasteiger partial charge in [0, 0.05) is 31.7 Å². The van der Waals surface area contributed by atoms with Gasteiger partial charge in [-0.15, -0.1) is 0 Å². The van der Waals surface area contributed by atoms with E-state index >= 15 is 0 Å². The van der Waals surface area contributed by atoms with E-state index < -0.39 is 29.8 Å². The molecule has 10 nitrogen and oxygen atoms in total. The Morgan fingerprint density at radius 2 is 0.238 bits per heavy atom. The summed E-state index contributed by atoms with van der Waals surface area (Å²) in [6, 6.07) is 0. The minimum Gasteiger partial charge on any atom is -0.550 e. The van der Waals surface area contributed by atoms with Gasteiger partial charge < -0.3 is 30.3 Å². The molecule has 0 aromatic heterocycles. The van der Waals surface area contributed by atoms with Crippen molar-refractivity contribution >= 4 is 29.8 Å². The first-order valence-electron chi connectivity index (χ1n) is 44.9. The van der Waals surface area contributed by atoms with Crippen molar-refractivity contribution in [3.63, 3.8) is 0 Å². The molecule has 0 radical (unpaired) electrons. The molecule has 0 saturated carbocycles. The second-order valence-corrected chi connectivity index (χ2v) is 30.4. The Labute approximate surface area is 642 Å². The third-order valence-electron chi connectivity index (χ3n) is 20.0. The molecule has 0 atom stereocenters. The zero-order chi connectivity index (χ0) is 74.5. The van der Waals surface area contributed by atoms with Crippen molar-refractivity contribution in [1.29, 1.82) is 0 Å². The van der Waals surface area contributed by atoms with Crippen LogP contribution in [0.5, 0.6) is 0 Å². The molecule has 0 fully saturated rings. The van der Waals surface area contributed by atoms with Crippen molar-refractivity contribution in [3.8, 4) is 0 Å². The van der Waals surface area contributed by atoms with Gasteiger partial charge in [-0.1, -0.05) is 484 Å². The minimum atomic E-state index is -0.903. The van der Waals surface area contributed by atoms with Crippen LogP contribution in [0, 0.1) is 0 Å². The maximum Gasteiger partial charge on any atom is 1.00 e. The summed E-state index contributed by atoms with van der Waals surface area (Å²) in [6.07, 6.45) is 101. The molecule has 600 valence electrons. The number of hydrogen-bond donors (Lipinski definition) is 4. The van der Waals surface area contributed by atoms with Crippen LogP contribution in [0.3, 0.4) is 0 Å². The van der Waals surface area contributed by atoms with E-state index in [9.17, 15) is 29.1 Å². The monoisotopic (exact) mass is 1430 g/mol. The number of carbonyl (C=O) groups is 5. The molecule has 0 bridgehead atoms. The standard InChI is InChI=1S/5C18H36O2.Li/c5*1-2-3-4-5-6-7-8-9-10-11-12-13-14-15-16-17-18(19)20;/h5*2-17H2,1H3,(H,19,20);/q;;;;;+1/p-1. The van der Waals surface area contributed by atoms with E-state index in [1.165, 1.54) is 417 Å². The van der Waals surface area contributed by atoms with Crippen molar-refractivity contribution in [2.75, 3.05) is 0 Å². The van der Waals surface area contributed by atoms with Crippen LogP contribution < -0.4 is 24.0 Å².